The van der Waals surface area contributed by atoms with E-state index < -0.39 is 35.9 Å². The third-order valence-electron chi connectivity index (χ3n) is 5.64. The van der Waals surface area contributed by atoms with Crippen LogP contribution in [0, 0.1) is 0 Å². The maximum atomic E-state index is 12.8. The Morgan fingerprint density at radius 1 is 0.921 bits per heavy atom. The lowest BCUT2D eigenvalue weighted by molar-refractivity contribution is -0.129. The first-order valence-electron chi connectivity index (χ1n) is 13.1. The molecule has 210 valence electrons. The fourth-order valence-corrected chi connectivity index (χ4v) is 4.00. The Balaban J connectivity index is 1.94. The van der Waals surface area contributed by atoms with Crippen molar-refractivity contribution in [2.45, 2.75) is 104 Å². The number of ether oxygens (including phenoxy) is 1. The second kappa shape index (κ2) is 13.6. The van der Waals surface area contributed by atoms with Gasteiger partial charge in [0.15, 0.2) is 0 Å². The van der Waals surface area contributed by atoms with Gasteiger partial charge in [0, 0.05) is 24.5 Å². The van der Waals surface area contributed by atoms with E-state index in [1.807, 2.05) is 63.2 Å². The van der Waals surface area contributed by atoms with E-state index >= 15 is 0 Å². The summed E-state index contributed by atoms with van der Waals surface area (Å²) in [5.41, 5.74) is -0.000316. The Hall–Kier alpha value is -3.17. The number of fused-ring (bicyclic) bond motifs is 1. The van der Waals surface area contributed by atoms with Crippen molar-refractivity contribution >= 4 is 28.7 Å². The molecule has 0 aliphatic rings. The molecule has 0 saturated carbocycles. The van der Waals surface area contributed by atoms with Gasteiger partial charge in [-0.15, -0.1) is 0 Å². The van der Waals surface area contributed by atoms with Gasteiger partial charge in [-0.05, 0) is 77.6 Å². The van der Waals surface area contributed by atoms with Crippen molar-refractivity contribution < 1.29 is 24.2 Å². The van der Waals surface area contributed by atoms with Crippen LogP contribution < -0.4 is 21.3 Å². The summed E-state index contributed by atoms with van der Waals surface area (Å²) in [6.45, 7) is 13.0. The lowest BCUT2D eigenvalue weighted by Gasteiger charge is -2.27. The van der Waals surface area contributed by atoms with Gasteiger partial charge in [-0.2, -0.15) is 0 Å². The number of amides is 3. The number of alkyl carbamates (subject to hydrolysis) is 1. The predicted molar refractivity (Wildman–Crippen MR) is 149 cm³/mol. The standard InChI is InChI=1S/C29H44N4O5/c1-19(26(36)30-18-21-13-10-12-20-11-8-9-14-23(20)21)31-25(35)17-22(32-27(37)38-29(5,6)7)15-16-24(34)33-28(2,3)4/h8-14,19,22,24,33-34H,15-18H2,1-7H3,(H,30,36)(H,31,35)(H,32,37)/t19-,22-,24?/m0/s1. The van der Waals surface area contributed by atoms with Crippen LogP contribution >= 0.6 is 0 Å². The van der Waals surface area contributed by atoms with Crippen molar-refractivity contribution in [1.82, 2.24) is 21.3 Å². The summed E-state index contributed by atoms with van der Waals surface area (Å²) in [6.07, 6.45) is -0.873. The summed E-state index contributed by atoms with van der Waals surface area (Å²) >= 11 is 0. The van der Waals surface area contributed by atoms with Gasteiger partial charge in [0.05, 0.1) is 0 Å². The zero-order valence-electron chi connectivity index (χ0n) is 23.7. The molecule has 1 unspecified atom stereocenters. The second-order valence-electron chi connectivity index (χ2n) is 11.7. The summed E-state index contributed by atoms with van der Waals surface area (Å²) in [5.74, 6) is -0.704. The van der Waals surface area contributed by atoms with Crippen molar-refractivity contribution in [3.8, 4) is 0 Å². The van der Waals surface area contributed by atoms with E-state index in [0.29, 0.717) is 19.4 Å². The van der Waals surface area contributed by atoms with Crippen LogP contribution in [0.25, 0.3) is 10.8 Å². The molecule has 0 heterocycles. The van der Waals surface area contributed by atoms with Crippen molar-refractivity contribution in [3.63, 3.8) is 0 Å². The topological polar surface area (TPSA) is 129 Å². The molecule has 0 spiro atoms. The molecule has 2 aromatic carbocycles. The lowest BCUT2D eigenvalue weighted by Crippen LogP contribution is -2.48. The monoisotopic (exact) mass is 528 g/mol. The number of aliphatic hydroxyl groups is 1. The molecule has 2 rings (SSSR count). The summed E-state index contributed by atoms with van der Waals surface area (Å²) in [5, 5.41) is 23.9. The third kappa shape index (κ3) is 11.5. The molecule has 5 N–H and O–H groups in total. The molecule has 9 nitrogen and oxygen atoms in total. The van der Waals surface area contributed by atoms with Crippen LogP contribution in [0.1, 0.15) is 73.3 Å². The summed E-state index contributed by atoms with van der Waals surface area (Å²) in [4.78, 5) is 37.9. The predicted octanol–water partition coefficient (Wildman–Crippen LogP) is 3.73. The van der Waals surface area contributed by atoms with Crippen LogP contribution in [0.4, 0.5) is 4.79 Å². The first kappa shape index (κ1) is 31.1. The van der Waals surface area contributed by atoms with Crippen LogP contribution in [0.2, 0.25) is 0 Å². The van der Waals surface area contributed by atoms with Crippen molar-refractivity contribution in [2.24, 2.45) is 0 Å². The first-order valence-corrected chi connectivity index (χ1v) is 13.1. The molecule has 0 aromatic heterocycles. The van der Waals surface area contributed by atoms with Gasteiger partial charge >= 0.3 is 6.09 Å². The minimum atomic E-state index is -0.806. The van der Waals surface area contributed by atoms with Gasteiger partial charge in [0.2, 0.25) is 11.8 Å². The fraction of sp³-hybridized carbons (Fsp3) is 0.552. The number of hydrogen-bond donors (Lipinski definition) is 5. The summed E-state index contributed by atoms with van der Waals surface area (Å²) < 4.78 is 5.34. The molecule has 3 atom stereocenters. The minimum absolute atomic E-state index is 0.0670. The molecule has 0 bridgehead atoms. The highest BCUT2D eigenvalue weighted by Gasteiger charge is 2.24. The number of carbonyl (C=O) groups excluding carboxylic acids is 3. The Morgan fingerprint density at radius 3 is 2.24 bits per heavy atom. The highest BCUT2D eigenvalue weighted by atomic mass is 16.6. The molecule has 9 heteroatoms. The maximum absolute atomic E-state index is 12.8. The Morgan fingerprint density at radius 2 is 1.58 bits per heavy atom. The summed E-state index contributed by atoms with van der Waals surface area (Å²) in [6, 6.07) is 12.5. The second-order valence-corrected chi connectivity index (χ2v) is 11.7. The van der Waals surface area contributed by atoms with E-state index in [1.165, 1.54) is 0 Å². The van der Waals surface area contributed by atoms with E-state index in [9.17, 15) is 19.5 Å². The molecule has 38 heavy (non-hydrogen) atoms. The van der Waals surface area contributed by atoms with Crippen LogP contribution in [-0.4, -0.2) is 52.5 Å². The average molecular weight is 529 g/mol. The van der Waals surface area contributed by atoms with Crippen molar-refractivity contribution in [3.05, 3.63) is 48.0 Å². The number of rotatable bonds is 11. The van der Waals surface area contributed by atoms with Crippen molar-refractivity contribution in [1.29, 1.82) is 0 Å². The van der Waals surface area contributed by atoms with Gasteiger partial charge in [-0.1, -0.05) is 42.5 Å². The largest absolute Gasteiger partial charge is 0.444 e. The molecule has 0 saturated heterocycles. The van der Waals surface area contributed by atoms with E-state index in [4.69, 9.17) is 4.74 Å². The van der Waals surface area contributed by atoms with Gasteiger partial charge in [-0.3, -0.25) is 14.9 Å². The van der Waals surface area contributed by atoms with Crippen LogP contribution in [-0.2, 0) is 20.9 Å². The molecule has 0 radical (unpaired) electrons. The Kier molecular flexibility index (Phi) is 11.1. The highest BCUT2D eigenvalue weighted by molar-refractivity contribution is 5.89. The van der Waals surface area contributed by atoms with Gasteiger partial charge in [0.25, 0.3) is 0 Å². The molecule has 3 amide bonds. The van der Waals surface area contributed by atoms with Gasteiger partial charge < -0.3 is 25.8 Å². The molecular weight excluding hydrogens is 484 g/mol. The number of carbonyl (C=O) groups is 3. The zero-order valence-corrected chi connectivity index (χ0v) is 23.7. The molecule has 0 aliphatic carbocycles. The summed E-state index contributed by atoms with van der Waals surface area (Å²) in [7, 11) is 0. The maximum Gasteiger partial charge on any atom is 0.407 e. The van der Waals surface area contributed by atoms with E-state index in [-0.39, 0.29) is 17.9 Å². The normalized spacial score (nSPS) is 14.3. The molecule has 0 fully saturated rings. The Labute approximate surface area is 226 Å². The fourth-order valence-electron chi connectivity index (χ4n) is 4.00. The average Bonchev–Trinajstić information content (AvgIpc) is 2.78. The van der Waals surface area contributed by atoms with Crippen LogP contribution in [0.15, 0.2) is 42.5 Å². The van der Waals surface area contributed by atoms with Crippen LogP contribution in [0.5, 0.6) is 0 Å². The third-order valence-corrected chi connectivity index (χ3v) is 5.64. The zero-order chi connectivity index (χ0) is 28.5. The smallest absolute Gasteiger partial charge is 0.407 e. The SMILES string of the molecule is C[C@H](NC(=O)C[C@H](CCC(O)NC(C)(C)C)NC(=O)OC(C)(C)C)C(=O)NCc1cccc2ccccc12. The minimum Gasteiger partial charge on any atom is -0.444 e. The number of nitrogens with one attached hydrogen (secondary N) is 4. The van der Waals surface area contributed by atoms with Gasteiger partial charge in [0.1, 0.15) is 17.9 Å². The van der Waals surface area contributed by atoms with E-state index in [2.05, 4.69) is 21.3 Å². The van der Waals surface area contributed by atoms with Crippen LogP contribution in [0.3, 0.4) is 0 Å². The lowest BCUT2D eigenvalue weighted by atomic mass is 10.0. The Bertz CT molecular complexity index is 1090. The van der Waals surface area contributed by atoms with Crippen molar-refractivity contribution in [2.75, 3.05) is 0 Å². The molecule has 2 aromatic rings. The first-order chi connectivity index (χ1) is 17.6. The molecule has 0 aliphatic heterocycles. The number of benzene rings is 2. The van der Waals surface area contributed by atoms with Gasteiger partial charge in [-0.25, -0.2) is 4.79 Å². The molecular formula is C29H44N4O5. The highest BCUT2D eigenvalue weighted by Crippen LogP contribution is 2.18. The van der Waals surface area contributed by atoms with E-state index in [0.717, 1.165) is 16.3 Å². The number of hydrogen-bond acceptors (Lipinski definition) is 6. The van der Waals surface area contributed by atoms with E-state index in [1.54, 1.807) is 27.7 Å². The number of aliphatic hydroxyl groups excluding tert-OH is 1. The quantitative estimate of drug-likeness (QED) is 0.283.